The maximum atomic E-state index is 12.4. The number of hydrogen-bond donors (Lipinski definition) is 1. The lowest BCUT2D eigenvalue weighted by molar-refractivity contribution is -0.121. The number of fused-ring (bicyclic) bond motifs is 1. The Balaban J connectivity index is 1.31. The number of benzene rings is 2. The number of aryl methyl sites for hydroxylation is 3. The monoisotopic (exact) mass is 409 g/mol. The molecule has 5 nitrogen and oxygen atoms in total. The summed E-state index contributed by atoms with van der Waals surface area (Å²) < 4.78 is 5.28. The number of nitrogens with zero attached hydrogens (tertiary/aromatic N) is 2. The molecule has 0 aliphatic heterocycles. The van der Waals surface area contributed by atoms with Crippen LogP contribution in [0.2, 0.25) is 5.02 Å². The molecule has 1 unspecified atom stereocenters. The second-order valence-electron chi connectivity index (χ2n) is 7.54. The van der Waals surface area contributed by atoms with Crippen LogP contribution in [-0.2, 0) is 24.1 Å². The summed E-state index contributed by atoms with van der Waals surface area (Å²) >= 11 is 5.90. The van der Waals surface area contributed by atoms with Crippen LogP contribution >= 0.6 is 11.6 Å². The van der Waals surface area contributed by atoms with E-state index in [2.05, 4.69) is 33.7 Å². The van der Waals surface area contributed by atoms with Crippen LogP contribution in [0.1, 0.15) is 54.8 Å². The molecule has 0 saturated heterocycles. The summed E-state index contributed by atoms with van der Waals surface area (Å²) in [5.74, 6) is 0.924. The van der Waals surface area contributed by atoms with Crippen molar-refractivity contribution in [1.29, 1.82) is 0 Å². The lowest BCUT2D eigenvalue weighted by Crippen LogP contribution is -2.27. The van der Waals surface area contributed by atoms with E-state index in [-0.39, 0.29) is 11.9 Å². The second kappa shape index (κ2) is 8.78. The van der Waals surface area contributed by atoms with E-state index in [4.69, 9.17) is 16.1 Å². The molecular formula is C23H24ClN3O2. The van der Waals surface area contributed by atoms with Gasteiger partial charge >= 0.3 is 0 Å². The van der Waals surface area contributed by atoms with Gasteiger partial charge in [0.25, 0.3) is 0 Å². The average Bonchev–Trinajstić information content (AvgIpc) is 3.21. The van der Waals surface area contributed by atoms with Gasteiger partial charge in [-0.15, -0.1) is 0 Å². The van der Waals surface area contributed by atoms with Gasteiger partial charge in [-0.25, -0.2) is 0 Å². The van der Waals surface area contributed by atoms with E-state index < -0.39 is 0 Å². The van der Waals surface area contributed by atoms with E-state index in [0.717, 1.165) is 17.5 Å². The van der Waals surface area contributed by atoms with Crippen molar-refractivity contribution in [3.8, 4) is 11.4 Å². The lowest BCUT2D eigenvalue weighted by atomic mass is 9.89. The summed E-state index contributed by atoms with van der Waals surface area (Å²) in [7, 11) is 0. The van der Waals surface area contributed by atoms with Gasteiger partial charge < -0.3 is 9.84 Å². The fourth-order valence-electron chi connectivity index (χ4n) is 3.71. The quantitative estimate of drug-likeness (QED) is 0.616. The van der Waals surface area contributed by atoms with Crippen molar-refractivity contribution < 1.29 is 9.32 Å². The Labute approximate surface area is 175 Å². The van der Waals surface area contributed by atoms with Crippen molar-refractivity contribution in [2.75, 3.05) is 0 Å². The van der Waals surface area contributed by atoms with Crippen molar-refractivity contribution in [3.05, 3.63) is 70.1 Å². The minimum atomic E-state index is -0.0264. The van der Waals surface area contributed by atoms with Gasteiger partial charge in [-0.2, -0.15) is 4.98 Å². The molecular weight excluding hydrogens is 386 g/mol. The van der Waals surface area contributed by atoms with E-state index in [1.54, 1.807) is 12.1 Å². The van der Waals surface area contributed by atoms with Crippen molar-refractivity contribution in [2.24, 2.45) is 0 Å². The molecule has 0 radical (unpaired) electrons. The summed E-state index contributed by atoms with van der Waals surface area (Å²) in [6.45, 7) is 2.02. The fourth-order valence-corrected chi connectivity index (χ4v) is 3.84. The molecule has 1 N–H and O–H groups in total. The Morgan fingerprint density at radius 3 is 2.69 bits per heavy atom. The summed E-state index contributed by atoms with van der Waals surface area (Å²) in [5.41, 5.74) is 4.86. The summed E-state index contributed by atoms with van der Waals surface area (Å²) in [4.78, 5) is 16.8. The third-order valence-electron chi connectivity index (χ3n) is 5.39. The standard InChI is InChI=1S/C23H24ClN3O2/c1-15(18-7-6-16-4-2-3-5-19(16)14-18)25-21(28)12-13-22-26-23(27-29-22)17-8-10-20(24)11-9-17/h6-11,14-15H,2-5,12-13H2,1H3,(H,25,28). The Kier molecular flexibility index (Phi) is 5.95. The van der Waals surface area contributed by atoms with E-state index >= 15 is 0 Å². The first-order valence-electron chi connectivity index (χ1n) is 10.1. The molecule has 1 aliphatic rings. The number of hydrogen-bond acceptors (Lipinski definition) is 4. The number of halogens is 1. The van der Waals surface area contributed by atoms with Crippen LogP contribution in [0.4, 0.5) is 0 Å². The van der Waals surface area contributed by atoms with Crippen LogP contribution in [0, 0.1) is 0 Å². The van der Waals surface area contributed by atoms with Gasteiger partial charge in [0.05, 0.1) is 6.04 Å². The van der Waals surface area contributed by atoms with Gasteiger partial charge in [-0.3, -0.25) is 4.79 Å². The zero-order chi connectivity index (χ0) is 20.2. The first-order valence-corrected chi connectivity index (χ1v) is 10.5. The molecule has 0 saturated carbocycles. The maximum absolute atomic E-state index is 12.4. The zero-order valence-electron chi connectivity index (χ0n) is 16.5. The zero-order valence-corrected chi connectivity index (χ0v) is 17.2. The van der Waals surface area contributed by atoms with Crippen LogP contribution in [0.3, 0.4) is 0 Å². The topological polar surface area (TPSA) is 68.0 Å². The molecule has 4 rings (SSSR count). The highest BCUT2D eigenvalue weighted by Crippen LogP contribution is 2.25. The first-order chi connectivity index (χ1) is 14.1. The smallest absolute Gasteiger partial charge is 0.227 e. The third kappa shape index (κ3) is 4.85. The highest BCUT2D eigenvalue weighted by atomic mass is 35.5. The predicted molar refractivity (Wildman–Crippen MR) is 113 cm³/mol. The molecule has 1 atom stereocenters. The van der Waals surface area contributed by atoms with E-state index in [9.17, 15) is 4.79 Å². The maximum Gasteiger partial charge on any atom is 0.227 e. The number of nitrogens with one attached hydrogen (secondary N) is 1. The number of carbonyl (C=O) groups excluding carboxylic acids is 1. The van der Waals surface area contributed by atoms with Crippen molar-refractivity contribution in [2.45, 2.75) is 51.5 Å². The molecule has 6 heteroatoms. The van der Waals surface area contributed by atoms with Crippen LogP contribution in [0.25, 0.3) is 11.4 Å². The Morgan fingerprint density at radius 2 is 1.90 bits per heavy atom. The average molecular weight is 410 g/mol. The number of rotatable bonds is 6. The van der Waals surface area contributed by atoms with Crippen LogP contribution in [0.15, 0.2) is 47.0 Å². The molecule has 29 heavy (non-hydrogen) atoms. The van der Waals surface area contributed by atoms with Gasteiger partial charge in [0.15, 0.2) is 0 Å². The van der Waals surface area contributed by atoms with Crippen molar-refractivity contribution in [1.82, 2.24) is 15.5 Å². The molecule has 0 fully saturated rings. The van der Waals surface area contributed by atoms with Gasteiger partial charge in [-0.05, 0) is 73.6 Å². The molecule has 0 spiro atoms. The van der Waals surface area contributed by atoms with Gasteiger partial charge in [-0.1, -0.05) is 35.0 Å². The SMILES string of the molecule is CC(NC(=O)CCc1nc(-c2ccc(Cl)cc2)no1)c1ccc2c(c1)CCCC2. The summed E-state index contributed by atoms with van der Waals surface area (Å²) in [6, 6.07) is 13.8. The van der Waals surface area contributed by atoms with Gasteiger partial charge in [0.1, 0.15) is 0 Å². The third-order valence-corrected chi connectivity index (χ3v) is 5.64. The molecule has 0 bridgehead atoms. The van der Waals surface area contributed by atoms with E-state index in [0.29, 0.717) is 29.6 Å². The second-order valence-corrected chi connectivity index (χ2v) is 7.98. The molecule has 1 amide bonds. The Bertz CT molecular complexity index is 998. The van der Waals surface area contributed by atoms with Crippen LogP contribution < -0.4 is 5.32 Å². The van der Waals surface area contributed by atoms with Crippen LogP contribution in [-0.4, -0.2) is 16.0 Å². The molecule has 3 aromatic rings. The van der Waals surface area contributed by atoms with Crippen molar-refractivity contribution >= 4 is 17.5 Å². The number of amides is 1. The predicted octanol–water partition coefficient (Wildman–Crippen LogP) is 5.08. The Hall–Kier alpha value is -2.66. The lowest BCUT2D eigenvalue weighted by Gasteiger charge is -2.20. The highest BCUT2D eigenvalue weighted by molar-refractivity contribution is 6.30. The van der Waals surface area contributed by atoms with Gasteiger partial charge in [0, 0.05) is 23.4 Å². The highest BCUT2D eigenvalue weighted by Gasteiger charge is 2.15. The normalized spacial score (nSPS) is 14.3. The van der Waals surface area contributed by atoms with E-state index in [1.807, 2.05) is 19.1 Å². The van der Waals surface area contributed by atoms with Crippen LogP contribution in [0.5, 0.6) is 0 Å². The van der Waals surface area contributed by atoms with Gasteiger partial charge in [0.2, 0.25) is 17.6 Å². The van der Waals surface area contributed by atoms with Crippen molar-refractivity contribution in [3.63, 3.8) is 0 Å². The Morgan fingerprint density at radius 1 is 1.14 bits per heavy atom. The molecule has 150 valence electrons. The first kappa shape index (κ1) is 19.6. The molecule has 1 heterocycles. The minimum absolute atomic E-state index is 0.0259. The fraction of sp³-hybridized carbons (Fsp3) is 0.348. The summed E-state index contributed by atoms with van der Waals surface area (Å²) in [5, 5.41) is 7.71. The number of aromatic nitrogens is 2. The molecule has 1 aliphatic carbocycles. The largest absolute Gasteiger partial charge is 0.350 e. The summed E-state index contributed by atoms with van der Waals surface area (Å²) in [6.07, 6.45) is 5.53. The van der Waals surface area contributed by atoms with E-state index in [1.165, 1.54) is 30.4 Å². The minimum Gasteiger partial charge on any atom is -0.350 e. The number of carbonyl (C=O) groups is 1. The molecule has 1 aromatic heterocycles. The molecule has 2 aromatic carbocycles.